The van der Waals surface area contributed by atoms with E-state index in [4.69, 9.17) is 4.42 Å². The molecule has 0 aliphatic heterocycles. The predicted molar refractivity (Wildman–Crippen MR) is 136 cm³/mol. The molecule has 2 aromatic rings. The van der Waals surface area contributed by atoms with Gasteiger partial charge in [0.2, 0.25) is 0 Å². The van der Waals surface area contributed by atoms with E-state index in [-0.39, 0.29) is 24.2 Å². The molecule has 1 heterocycles. The van der Waals surface area contributed by atoms with Crippen molar-refractivity contribution in [3.05, 3.63) is 55.6 Å². The Morgan fingerprint density at radius 3 is 2.03 bits per heavy atom. The van der Waals surface area contributed by atoms with E-state index in [2.05, 4.69) is 0 Å². The van der Waals surface area contributed by atoms with Gasteiger partial charge in [-0.05, 0) is 47.0 Å². The van der Waals surface area contributed by atoms with Crippen LogP contribution in [-0.2, 0) is 17.6 Å². The minimum absolute atomic E-state index is 0.000990. The second-order valence-corrected chi connectivity index (χ2v) is 9.25. The van der Waals surface area contributed by atoms with Gasteiger partial charge in [-0.25, -0.2) is 4.79 Å². The average molecular weight is 501 g/mol. The fourth-order valence-corrected chi connectivity index (χ4v) is 4.40. The summed E-state index contributed by atoms with van der Waals surface area (Å²) in [5, 5.41) is 44.2. The van der Waals surface area contributed by atoms with Crippen molar-refractivity contribution in [2.24, 2.45) is 0 Å². The molecule has 0 amide bonds. The van der Waals surface area contributed by atoms with Gasteiger partial charge in [0.25, 0.3) is 0 Å². The Hall–Kier alpha value is -3.55. The molecule has 0 fully saturated rings. The molecule has 1 atom stereocenters. The Labute approximate surface area is 210 Å². The van der Waals surface area contributed by atoms with Gasteiger partial charge >= 0.3 is 5.63 Å². The number of aromatic hydroxyl groups is 4. The first kappa shape index (κ1) is 28.7. The van der Waals surface area contributed by atoms with Crippen LogP contribution < -0.4 is 5.63 Å². The molecule has 4 N–H and O–H groups in total. The number of rotatable bonds is 11. The Morgan fingerprint density at radius 2 is 1.50 bits per heavy atom. The number of hydrogen-bond acceptors (Lipinski definition) is 8. The lowest BCUT2D eigenvalue weighted by atomic mass is 9.81. The van der Waals surface area contributed by atoms with Crippen LogP contribution >= 0.6 is 0 Å². The molecule has 8 heteroatoms. The number of unbranched alkanes of at least 4 members (excludes halogenated alkanes) is 2. The Morgan fingerprint density at radius 1 is 0.889 bits per heavy atom. The van der Waals surface area contributed by atoms with Gasteiger partial charge in [-0.2, -0.15) is 0 Å². The van der Waals surface area contributed by atoms with Crippen molar-refractivity contribution in [3.8, 4) is 23.0 Å². The van der Waals surface area contributed by atoms with Crippen LogP contribution in [0.3, 0.4) is 0 Å². The number of hydrogen-bond donors (Lipinski definition) is 4. The third kappa shape index (κ3) is 5.64. The molecule has 0 spiro atoms. The predicted octanol–water partition coefficient (Wildman–Crippen LogP) is 5.33. The zero-order valence-electron chi connectivity index (χ0n) is 21.8. The number of carbonyl (C=O) groups is 2. The zero-order valence-corrected chi connectivity index (χ0v) is 21.8. The summed E-state index contributed by atoms with van der Waals surface area (Å²) < 4.78 is 5.32. The molecule has 196 valence electrons. The summed E-state index contributed by atoms with van der Waals surface area (Å²) >= 11 is 0. The highest BCUT2D eigenvalue weighted by atomic mass is 16.4. The summed E-state index contributed by atoms with van der Waals surface area (Å²) in [6, 6.07) is 0. The topological polar surface area (TPSA) is 145 Å². The van der Waals surface area contributed by atoms with Gasteiger partial charge in [0, 0.05) is 17.5 Å². The van der Waals surface area contributed by atoms with Crippen molar-refractivity contribution in [2.45, 2.75) is 86.0 Å². The Balaban J connectivity index is 3.03. The molecule has 0 saturated heterocycles. The number of benzene rings is 1. The summed E-state index contributed by atoms with van der Waals surface area (Å²) in [4.78, 5) is 39.0. The number of phenolic OH excluding ortho intramolecular Hbond substituents is 3. The van der Waals surface area contributed by atoms with E-state index in [9.17, 15) is 34.8 Å². The van der Waals surface area contributed by atoms with Gasteiger partial charge in [-0.3, -0.25) is 9.59 Å². The highest BCUT2D eigenvalue weighted by molar-refractivity contribution is 6.02. The summed E-state index contributed by atoms with van der Waals surface area (Å²) in [5.41, 5.74) is -1.19. The zero-order chi connectivity index (χ0) is 27.3. The van der Waals surface area contributed by atoms with E-state index in [1.54, 1.807) is 13.0 Å². The quantitative estimate of drug-likeness (QED) is 0.184. The van der Waals surface area contributed by atoms with Crippen LogP contribution in [0.15, 0.2) is 20.9 Å². The van der Waals surface area contributed by atoms with Crippen LogP contribution in [0.1, 0.15) is 105 Å². The van der Waals surface area contributed by atoms with Crippen molar-refractivity contribution >= 4 is 11.6 Å². The summed E-state index contributed by atoms with van der Waals surface area (Å²) in [5.74, 6) is -5.18. The highest BCUT2D eigenvalue weighted by Crippen LogP contribution is 2.49. The number of allylic oxidation sites excluding steroid dienone is 2. The lowest BCUT2D eigenvalue weighted by Crippen LogP contribution is -2.23. The number of carbonyl (C=O) groups excluding carboxylic acids is 2. The van der Waals surface area contributed by atoms with Crippen LogP contribution in [0.25, 0.3) is 0 Å². The molecule has 0 aliphatic rings. The smallest absolute Gasteiger partial charge is 0.343 e. The average Bonchev–Trinajstić information content (AvgIpc) is 2.77. The first-order valence-electron chi connectivity index (χ1n) is 12.2. The summed E-state index contributed by atoms with van der Waals surface area (Å²) in [6.45, 7) is 9.97. The number of phenols is 3. The van der Waals surface area contributed by atoms with Crippen LogP contribution in [0.5, 0.6) is 23.0 Å². The lowest BCUT2D eigenvalue weighted by Gasteiger charge is -2.24. The third-order valence-corrected chi connectivity index (χ3v) is 6.33. The molecule has 1 unspecified atom stereocenters. The fourth-order valence-electron chi connectivity index (χ4n) is 4.40. The normalized spacial score (nSPS) is 11.8. The van der Waals surface area contributed by atoms with E-state index < -0.39 is 62.8 Å². The molecule has 0 saturated carbocycles. The molecule has 1 aromatic carbocycles. The van der Waals surface area contributed by atoms with Crippen molar-refractivity contribution in [2.75, 3.05) is 0 Å². The summed E-state index contributed by atoms with van der Waals surface area (Å²) in [7, 11) is 0. The van der Waals surface area contributed by atoms with Crippen LogP contribution in [-0.4, -0.2) is 32.0 Å². The van der Waals surface area contributed by atoms with Crippen LogP contribution in [0.2, 0.25) is 0 Å². The molecular weight excluding hydrogens is 464 g/mol. The van der Waals surface area contributed by atoms with Crippen molar-refractivity contribution in [1.82, 2.24) is 0 Å². The van der Waals surface area contributed by atoms with Crippen molar-refractivity contribution in [3.63, 3.8) is 0 Å². The first-order valence-corrected chi connectivity index (χ1v) is 12.2. The van der Waals surface area contributed by atoms with Crippen LogP contribution in [0, 0.1) is 6.92 Å². The molecule has 8 nitrogen and oxygen atoms in total. The van der Waals surface area contributed by atoms with Gasteiger partial charge in [-0.1, -0.05) is 38.3 Å². The standard InChI is InChI=1S/C28H36O8/c1-7-9-10-11-19(30)21(23-24(31)17(8-2)16(6)36-28(23)35)22-26(33)18(13-12-14(3)4)25(32)20(15(5)29)27(22)34/h12,21,31-34H,7-11,13H2,1-6H3. The van der Waals surface area contributed by atoms with E-state index >= 15 is 0 Å². The largest absolute Gasteiger partial charge is 0.507 e. The second kappa shape index (κ2) is 11.9. The molecule has 0 bridgehead atoms. The maximum absolute atomic E-state index is 13.6. The second-order valence-electron chi connectivity index (χ2n) is 9.25. The van der Waals surface area contributed by atoms with Gasteiger partial charge in [0.1, 0.15) is 40.1 Å². The van der Waals surface area contributed by atoms with Crippen LogP contribution in [0.4, 0.5) is 0 Å². The Bertz CT molecular complexity index is 1250. The minimum Gasteiger partial charge on any atom is -0.507 e. The van der Waals surface area contributed by atoms with Crippen molar-refractivity contribution < 1.29 is 34.4 Å². The van der Waals surface area contributed by atoms with Gasteiger partial charge in [0.15, 0.2) is 5.78 Å². The Kier molecular flexibility index (Phi) is 9.50. The van der Waals surface area contributed by atoms with E-state index in [1.807, 2.05) is 20.8 Å². The van der Waals surface area contributed by atoms with E-state index in [0.29, 0.717) is 18.4 Å². The summed E-state index contributed by atoms with van der Waals surface area (Å²) in [6.07, 6.45) is 4.02. The lowest BCUT2D eigenvalue weighted by molar-refractivity contribution is -0.120. The SMILES string of the molecule is CCCCCC(=O)C(c1c(O)c(CC=C(C)C)c(O)c(C(C)=O)c1O)c1c(O)c(CC)c(C)oc1=O. The molecule has 2 rings (SSSR count). The molecule has 36 heavy (non-hydrogen) atoms. The van der Waals surface area contributed by atoms with E-state index in [1.165, 1.54) is 6.92 Å². The minimum atomic E-state index is -1.62. The monoisotopic (exact) mass is 500 g/mol. The number of Topliss-reactive ketones (excluding diaryl/α,β-unsaturated/α-hetero) is 2. The first-order chi connectivity index (χ1) is 16.9. The third-order valence-electron chi connectivity index (χ3n) is 6.33. The molecule has 1 aromatic heterocycles. The molecular formula is C28H36O8. The fraction of sp³-hybridized carbons (Fsp3) is 0.464. The van der Waals surface area contributed by atoms with Gasteiger partial charge in [0.05, 0.1) is 17.0 Å². The highest BCUT2D eigenvalue weighted by Gasteiger charge is 2.38. The molecule has 0 radical (unpaired) electrons. The van der Waals surface area contributed by atoms with Gasteiger partial charge in [-0.15, -0.1) is 0 Å². The maximum atomic E-state index is 13.6. The van der Waals surface area contributed by atoms with Gasteiger partial charge < -0.3 is 24.8 Å². The number of aryl methyl sites for hydroxylation is 1. The van der Waals surface area contributed by atoms with Crippen molar-refractivity contribution in [1.29, 1.82) is 0 Å². The number of ketones is 2. The molecule has 0 aliphatic carbocycles. The maximum Gasteiger partial charge on any atom is 0.343 e. The van der Waals surface area contributed by atoms with E-state index in [0.717, 1.165) is 25.3 Å².